The summed E-state index contributed by atoms with van der Waals surface area (Å²) in [5.74, 6) is 0.301. The Balaban J connectivity index is 1.49. The summed E-state index contributed by atoms with van der Waals surface area (Å²) in [5, 5.41) is 11.7. The van der Waals surface area contributed by atoms with Crippen molar-refractivity contribution in [2.45, 2.75) is 37.8 Å². The standard InChI is InChI=1S/C21H26FN5O/c1-14(12-23)17-10-18-20(11-19(17)22)24-13-25-21(18)26-15-2-4-16(5-3-15)27-6-8-28-9-7-27/h10-13,15-16,23H,1-9H2,(H,24,25,26). The number of nitrogens with one attached hydrogen (secondary N) is 2. The van der Waals surface area contributed by atoms with Crippen LogP contribution in [0.4, 0.5) is 10.2 Å². The van der Waals surface area contributed by atoms with E-state index in [2.05, 4.69) is 26.8 Å². The molecule has 0 unspecified atom stereocenters. The minimum atomic E-state index is -0.420. The van der Waals surface area contributed by atoms with E-state index < -0.39 is 5.82 Å². The number of allylic oxidation sites excluding steroid dienone is 1. The monoisotopic (exact) mass is 383 g/mol. The highest BCUT2D eigenvalue weighted by Gasteiger charge is 2.27. The van der Waals surface area contributed by atoms with Crippen molar-refractivity contribution < 1.29 is 9.13 Å². The number of halogens is 1. The lowest BCUT2D eigenvalue weighted by Gasteiger charge is -2.39. The predicted molar refractivity (Wildman–Crippen MR) is 109 cm³/mol. The first-order chi connectivity index (χ1) is 13.7. The molecule has 1 aromatic heterocycles. The molecule has 0 atom stereocenters. The summed E-state index contributed by atoms with van der Waals surface area (Å²) in [6.45, 7) is 7.49. The zero-order chi connectivity index (χ0) is 19.5. The van der Waals surface area contributed by atoms with Gasteiger partial charge < -0.3 is 15.5 Å². The molecule has 2 heterocycles. The smallest absolute Gasteiger partial charge is 0.137 e. The van der Waals surface area contributed by atoms with E-state index in [-0.39, 0.29) is 0 Å². The van der Waals surface area contributed by atoms with Gasteiger partial charge in [0.2, 0.25) is 0 Å². The molecule has 0 spiro atoms. The SMILES string of the molecule is C=C(C=N)c1cc2c(NC3CCC(N4CCOCC4)CC3)ncnc2cc1F. The van der Waals surface area contributed by atoms with Crippen LogP contribution < -0.4 is 5.32 Å². The van der Waals surface area contributed by atoms with Gasteiger partial charge in [-0.05, 0) is 37.3 Å². The first-order valence-electron chi connectivity index (χ1n) is 9.88. The molecule has 2 fully saturated rings. The van der Waals surface area contributed by atoms with Crippen molar-refractivity contribution in [3.05, 3.63) is 36.4 Å². The minimum absolute atomic E-state index is 0.316. The second-order valence-electron chi connectivity index (χ2n) is 7.54. The zero-order valence-corrected chi connectivity index (χ0v) is 16.0. The maximum Gasteiger partial charge on any atom is 0.137 e. The number of fused-ring (bicyclic) bond motifs is 1. The van der Waals surface area contributed by atoms with E-state index >= 15 is 0 Å². The number of hydrogen-bond donors (Lipinski definition) is 2. The molecule has 6 nitrogen and oxygen atoms in total. The van der Waals surface area contributed by atoms with E-state index in [1.807, 2.05) is 0 Å². The summed E-state index contributed by atoms with van der Waals surface area (Å²) in [7, 11) is 0. The Labute approximate surface area is 164 Å². The number of benzene rings is 1. The third kappa shape index (κ3) is 3.91. The van der Waals surface area contributed by atoms with Gasteiger partial charge in [-0.1, -0.05) is 6.58 Å². The summed E-state index contributed by atoms with van der Waals surface area (Å²) in [6, 6.07) is 4.07. The van der Waals surface area contributed by atoms with Gasteiger partial charge in [0, 0.05) is 48.4 Å². The molecule has 0 radical (unpaired) electrons. The zero-order valence-electron chi connectivity index (χ0n) is 16.0. The molecule has 1 saturated heterocycles. The molecule has 1 aromatic carbocycles. The van der Waals surface area contributed by atoms with Gasteiger partial charge in [0.05, 0.1) is 18.7 Å². The van der Waals surface area contributed by atoms with E-state index in [4.69, 9.17) is 10.1 Å². The molecule has 28 heavy (non-hydrogen) atoms. The van der Waals surface area contributed by atoms with Crippen LogP contribution in [0.5, 0.6) is 0 Å². The highest BCUT2D eigenvalue weighted by atomic mass is 19.1. The summed E-state index contributed by atoms with van der Waals surface area (Å²) in [5.41, 5.74) is 1.20. The molecule has 148 valence electrons. The van der Waals surface area contributed by atoms with E-state index in [0.717, 1.165) is 69.4 Å². The number of nitrogens with zero attached hydrogens (tertiary/aromatic N) is 3. The normalized spacial score (nSPS) is 23.5. The van der Waals surface area contributed by atoms with Crippen LogP contribution in [0.2, 0.25) is 0 Å². The Hall–Kier alpha value is -2.38. The van der Waals surface area contributed by atoms with Crippen LogP contribution >= 0.6 is 0 Å². The molecule has 2 aromatic rings. The van der Waals surface area contributed by atoms with E-state index in [1.165, 1.54) is 12.4 Å². The summed E-state index contributed by atoms with van der Waals surface area (Å²) < 4.78 is 19.8. The molecule has 0 amide bonds. The van der Waals surface area contributed by atoms with E-state index in [9.17, 15) is 4.39 Å². The fourth-order valence-electron chi connectivity index (χ4n) is 4.24. The second kappa shape index (κ2) is 8.32. The Bertz CT molecular complexity index is 872. The Morgan fingerprint density at radius 3 is 2.68 bits per heavy atom. The van der Waals surface area contributed by atoms with Crippen molar-refractivity contribution in [2.24, 2.45) is 0 Å². The van der Waals surface area contributed by atoms with Crippen LogP contribution in [-0.2, 0) is 4.74 Å². The van der Waals surface area contributed by atoms with Crippen molar-refractivity contribution >= 4 is 28.5 Å². The fraction of sp³-hybridized carbons (Fsp3) is 0.476. The minimum Gasteiger partial charge on any atom is -0.379 e. The lowest BCUT2D eigenvalue weighted by atomic mass is 9.90. The fourth-order valence-corrected chi connectivity index (χ4v) is 4.24. The van der Waals surface area contributed by atoms with E-state index in [1.54, 1.807) is 6.07 Å². The van der Waals surface area contributed by atoms with Crippen molar-refractivity contribution in [3.63, 3.8) is 0 Å². The summed E-state index contributed by atoms with van der Waals surface area (Å²) >= 11 is 0. The third-order valence-corrected chi connectivity index (χ3v) is 5.84. The van der Waals surface area contributed by atoms with Crippen molar-refractivity contribution in [1.82, 2.24) is 14.9 Å². The quantitative estimate of drug-likeness (QED) is 0.773. The van der Waals surface area contributed by atoms with Gasteiger partial charge in [-0.3, -0.25) is 4.90 Å². The molecule has 1 aliphatic carbocycles. The van der Waals surface area contributed by atoms with Gasteiger partial charge in [-0.25, -0.2) is 14.4 Å². The van der Waals surface area contributed by atoms with E-state index in [0.29, 0.717) is 28.7 Å². The van der Waals surface area contributed by atoms with Crippen LogP contribution in [0, 0.1) is 11.2 Å². The van der Waals surface area contributed by atoms with Gasteiger partial charge in [0.25, 0.3) is 0 Å². The van der Waals surface area contributed by atoms with Crippen LogP contribution in [0.25, 0.3) is 16.5 Å². The predicted octanol–water partition coefficient (Wildman–Crippen LogP) is 3.49. The van der Waals surface area contributed by atoms with Crippen molar-refractivity contribution in [1.29, 1.82) is 5.41 Å². The molecular formula is C21H26FN5O. The average molecular weight is 383 g/mol. The topological polar surface area (TPSA) is 74.1 Å². The van der Waals surface area contributed by atoms with Crippen molar-refractivity contribution in [3.8, 4) is 0 Å². The molecule has 1 aliphatic heterocycles. The largest absolute Gasteiger partial charge is 0.379 e. The van der Waals surface area contributed by atoms with Crippen LogP contribution in [-0.4, -0.2) is 59.5 Å². The van der Waals surface area contributed by atoms with Gasteiger partial charge in [0.1, 0.15) is 18.0 Å². The van der Waals surface area contributed by atoms with Crippen LogP contribution in [0.15, 0.2) is 25.0 Å². The highest BCUT2D eigenvalue weighted by Crippen LogP contribution is 2.30. The summed E-state index contributed by atoms with van der Waals surface area (Å²) in [6.07, 6.45) is 7.00. The first-order valence-corrected chi connectivity index (χ1v) is 9.88. The molecule has 1 saturated carbocycles. The summed E-state index contributed by atoms with van der Waals surface area (Å²) in [4.78, 5) is 11.2. The third-order valence-electron chi connectivity index (χ3n) is 5.84. The Morgan fingerprint density at radius 2 is 1.96 bits per heavy atom. The molecular weight excluding hydrogens is 357 g/mol. The number of hydrogen-bond acceptors (Lipinski definition) is 6. The maximum absolute atomic E-state index is 14.3. The lowest BCUT2D eigenvalue weighted by Crippen LogP contribution is -2.46. The average Bonchev–Trinajstić information content (AvgIpc) is 2.74. The molecule has 7 heteroatoms. The number of aromatic nitrogens is 2. The van der Waals surface area contributed by atoms with Crippen LogP contribution in [0.3, 0.4) is 0 Å². The van der Waals surface area contributed by atoms with Gasteiger partial charge >= 0.3 is 0 Å². The highest BCUT2D eigenvalue weighted by molar-refractivity contribution is 6.09. The van der Waals surface area contributed by atoms with Crippen molar-refractivity contribution in [2.75, 3.05) is 31.6 Å². The number of anilines is 1. The Morgan fingerprint density at radius 1 is 1.21 bits per heavy atom. The molecule has 4 rings (SSSR count). The lowest BCUT2D eigenvalue weighted by molar-refractivity contribution is 0.00791. The van der Waals surface area contributed by atoms with Gasteiger partial charge in [-0.2, -0.15) is 0 Å². The molecule has 2 aliphatic rings. The number of rotatable bonds is 5. The molecule has 2 N–H and O–H groups in total. The van der Waals surface area contributed by atoms with Gasteiger partial charge in [-0.15, -0.1) is 0 Å². The number of ether oxygens (including phenoxy) is 1. The maximum atomic E-state index is 14.3. The molecule has 0 bridgehead atoms. The van der Waals surface area contributed by atoms with Gasteiger partial charge in [0.15, 0.2) is 0 Å². The van der Waals surface area contributed by atoms with Crippen LogP contribution in [0.1, 0.15) is 31.2 Å². The Kier molecular flexibility index (Phi) is 5.64. The second-order valence-corrected chi connectivity index (χ2v) is 7.54. The number of morpholine rings is 1. The first kappa shape index (κ1) is 19.0.